The minimum absolute atomic E-state index is 0.0726. The fraction of sp³-hybridized carbons (Fsp3) is 0.786. The summed E-state index contributed by atoms with van der Waals surface area (Å²) in [6, 6.07) is 0. The Hall–Kier alpha value is -0.900. The summed E-state index contributed by atoms with van der Waals surface area (Å²) < 4.78 is 0. The van der Waals surface area contributed by atoms with E-state index in [4.69, 9.17) is 9.78 Å². The summed E-state index contributed by atoms with van der Waals surface area (Å²) >= 11 is 0. The molecule has 31 heavy (non-hydrogen) atoms. The first kappa shape index (κ1) is 21.9. The monoisotopic (exact) mass is 426 g/mol. The molecule has 2 heterocycles. The van der Waals surface area contributed by atoms with Crippen molar-refractivity contribution in [1.82, 2.24) is 0 Å². The van der Waals surface area contributed by atoms with Gasteiger partial charge in [-0.05, 0) is 78.9 Å². The van der Waals surface area contributed by atoms with E-state index in [-0.39, 0.29) is 16.9 Å². The van der Waals surface area contributed by atoms with E-state index < -0.39 is 11.2 Å². The third kappa shape index (κ3) is 2.82. The first-order chi connectivity index (χ1) is 14.6. The Morgan fingerprint density at radius 3 is 2.48 bits per heavy atom. The van der Waals surface area contributed by atoms with Crippen molar-refractivity contribution >= 4 is 0 Å². The second-order valence-electron chi connectivity index (χ2n) is 12.3. The average molecular weight is 427 g/mol. The number of aliphatic hydroxyl groups is 1. The molecule has 0 radical (unpaired) electrons. The Labute approximate surface area is 188 Å². The zero-order valence-electron chi connectivity index (χ0n) is 20.4. The van der Waals surface area contributed by atoms with E-state index in [1.165, 1.54) is 18.4 Å². The average Bonchev–Trinajstić information content (AvgIpc) is 3.09. The van der Waals surface area contributed by atoms with Gasteiger partial charge in [-0.3, -0.25) is 0 Å². The molecule has 0 amide bonds. The molecule has 2 saturated carbocycles. The standard InChI is InChI=1S/C28H42O3/c1-18(2)19(3)7-8-20(4)22-9-10-23-25(22,5)13-12-24-26(6)14-11-21(29)17-27(26)15-16-28(23,24)31-30-27/h7-8,12,15-16,18-23,29H,9-11,13-14,17H2,1-6H3/b8-7+/t19-,20?,21+,22?,23-,25-,26-,27-,28+/m1/s1. The molecule has 9 atom stereocenters. The molecule has 2 unspecified atom stereocenters. The van der Waals surface area contributed by atoms with Crippen LogP contribution in [0.15, 0.2) is 36.0 Å². The molecule has 2 spiro atoms. The highest BCUT2D eigenvalue weighted by molar-refractivity contribution is 5.48. The molecule has 0 aromatic rings. The summed E-state index contributed by atoms with van der Waals surface area (Å²) in [5.74, 6) is 2.98. The van der Waals surface area contributed by atoms with E-state index in [2.05, 4.69) is 71.9 Å². The van der Waals surface area contributed by atoms with Gasteiger partial charge in [0.15, 0.2) is 0 Å². The second kappa shape index (κ2) is 7.05. The Kier molecular flexibility index (Phi) is 4.98. The van der Waals surface area contributed by atoms with Crippen LogP contribution in [0.4, 0.5) is 0 Å². The minimum Gasteiger partial charge on any atom is -0.393 e. The van der Waals surface area contributed by atoms with Crippen molar-refractivity contribution < 1.29 is 14.9 Å². The van der Waals surface area contributed by atoms with Crippen LogP contribution in [-0.4, -0.2) is 22.4 Å². The summed E-state index contributed by atoms with van der Waals surface area (Å²) in [7, 11) is 0. The largest absolute Gasteiger partial charge is 0.393 e. The van der Waals surface area contributed by atoms with Crippen molar-refractivity contribution in [2.75, 3.05) is 0 Å². The van der Waals surface area contributed by atoms with Crippen molar-refractivity contribution in [3.05, 3.63) is 36.0 Å². The van der Waals surface area contributed by atoms with Crippen LogP contribution in [-0.2, 0) is 9.78 Å². The number of rotatable bonds is 4. The van der Waals surface area contributed by atoms with Gasteiger partial charge in [-0.2, -0.15) is 0 Å². The number of aliphatic hydroxyl groups excluding tert-OH is 1. The third-order valence-corrected chi connectivity index (χ3v) is 10.5. The first-order valence-electron chi connectivity index (χ1n) is 12.7. The lowest BCUT2D eigenvalue weighted by Crippen LogP contribution is -2.69. The highest BCUT2D eigenvalue weighted by Gasteiger charge is 2.71. The molecule has 2 aliphatic heterocycles. The molecule has 3 nitrogen and oxygen atoms in total. The molecule has 2 bridgehead atoms. The molecule has 3 heteroatoms. The van der Waals surface area contributed by atoms with Crippen molar-refractivity contribution in [2.45, 2.75) is 97.4 Å². The van der Waals surface area contributed by atoms with Gasteiger partial charge < -0.3 is 5.11 Å². The highest BCUT2D eigenvalue weighted by atomic mass is 17.2. The summed E-state index contributed by atoms with van der Waals surface area (Å²) in [6.07, 6.45) is 17.8. The van der Waals surface area contributed by atoms with E-state index in [1.54, 1.807) is 0 Å². The van der Waals surface area contributed by atoms with Crippen LogP contribution in [0.5, 0.6) is 0 Å². The number of hydrogen-bond donors (Lipinski definition) is 1. The maximum Gasteiger partial charge on any atom is 0.147 e. The maximum atomic E-state index is 10.4. The molecule has 6 rings (SSSR count). The molecule has 1 N–H and O–H groups in total. The second-order valence-corrected chi connectivity index (χ2v) is 12.3. The first-order valence-corrected chi connectivity index (χ1v) is 12.7. The predicted octanol–water partition coefficient (Wildman–Crippen LogP) is 6.39. The van der Waals surface area contributed by atoms with E-state index in [0.717, 1.165) is 19.3 Å². The van der Waals surface area contributed by atoms with Crippen LogP contribution >= 0.6 is 0 Å². The third-order valence-electron chi connectivity index (χ3n) is 10.5. The fourth-order valence-electron chi connectivity index (χ4n) is 8.01. The molecular weight excluding hydrogens is 384 g/mol. The fourth-order valence-corrected chi connectivity index (χ4v) is 8.01. The molecule has 172 valence electrons. The van der Waals surface area contributed by atoms with Gasteiger partial charge >= 0.3 is 0 Å². The van der Waals surface area contributed by atoms with Crippen LogP contribution in [0, 0.1) is 40.4 Å². The van der Waals surface area contributed by atoms with Crippen molar-refractivity contribution in [2.24, 2.45) is 40.4 Å². The lowest BCUT2D eigenvalue weighted by Gasteiger charge is -2.66. The van der Waals surface area contributed by atoms with Gasteiger partial charge in [-0.15, -0.1) is 0 Å². The molecular formula is C28H42O3. The summed E-state index contributed by atoms with van der Waals surface area (Å²) in [5.41, 5.74) is 0.656. The summed E-state index contributed by atoms with van der Waals surface area (Å²) in [5, 5.41) is 10.4. The zero-order valence-corrected chi connectivity index (χ0v) is 20.4. The molecule has 3 fully saturated rings. The smallest absolute Gasteiger partial charge is 0.147 e. The van der Waals surface area contributed by atoms with Crippen LogP contribution in [0.25, 0.3) is 0 Å². The predicted molar refractivity (Wildman–Crippen MR) is 124 cm³/mol. The van der Waals surface area contributed by atoms with Gasteiger partial charge in [0.2, 0.25) is 0 Å². The van der Waals surface area contributed by atoms with E-state index in [1.807, 2.05) is 0 Å². The Bertz CT molecular complexity index is 826. The number of fused-ring (bicyclic) bond motifs is 2. The van der Waals surface area contributed by atoms with Gasteiger partial charge in [-0.25, -0.2) is 9.78 Å². The highest BCUT2D eigenvalue weighted by Crippen LogP contribution is 2.71. The topological polar surface area (TPSA) is 38.7 Å². The van der Waals surface area contributed by atoms with Crippen molar-refractivity contribution in [3.8, 4) is 0 Å². The number of allylic oxidation sites excluding steroid dienone is 3. The van der Waals surface area contributed by atoms with Gasteiger partial charge in [0.05, 0.1) is 6.10 Å². The molecule has 0 aromatic carbocycles. The molecule has 4 aliphatic carbocycles. The SMILES string of the molecule is CC(/C=C/[C@@H](C)C(C)C)C1CC[C@H]2[C@@]34C=C[C@]5(C[C@@H](O)CC[C@]5(C)C3=CC[C@]12C)OO4. The van der Waals surface area contributed by atoms with Crippen LogP contribution in [0.1, 0.15) is 80.1 Å². The Morgan fingerprint density at radius 2 is 1.81 bits per heavy atom. The lowest BCUT2D eigenvalue weighted by atomic mass is 9.47. The van der Waals surface area contributed by atoms with Crippen LogP contribution in [0.2, 0.25) is 0 Å². The van der Waals surface area contributed by atoms with E-state index in [9.17, 15) is 5.11 Å². The Morgan fingerprint density at radius 1 is 1.03 bits per heavy atom. The van der Waals surface area contributed by atoms with Crippen LogP contribution < -0.4 is 0 Å². The quantitative estimate of drug-likeness (QED) is 0.418. The van der Waals surface area contributed by atoms with Gasteiger partial charge in [0.25, 0.3) is 0 Å². The molecule has 0 aromatic heterocycles. The van der Waals surface area contributed by atoms with Crippen molar-refractivity contribution in [1.29, 1.82) is 0 Å². The summed E-state index contributed by atoms with van der Waals surface area (Å²) in [4.78, 5) is 12.6. The normalized spacial score (nSPS) is 50.2. The zero-order chi connectivity index (χ0) is 22.2. The van der Waals surface area contributed by atoms with Gasteiger partial charge in [0, 0.05) is 17.8 Å². The molecule has 1 saturated heterocycles. The summed E-state index contributed by atoms with van der Waals surface area (Å²) in [6.45, 7) is 14.2. The van der Waals surface area contributed by atoms with E-state index >= 15 is 0 Å². The Balaban J connectivity index is 1.48. The molecule has 6 aliphatic rings. The van der Waals surface area contributed by atoms with Crippen molar-refractivity contribution in [3.63, 3.8) is 0 Å². The van der Waals surface area contributed by atoms with Crippen LogP contribution in [0.3, 0.4) is 0 Å². The lowest BCUT2D eigenvalue weighted by molar-refractivity contribution is -0.455. The van der Waals surface area contributed by atoms with Gasteiger partial charge in [-0.1, -0.05) is 59.8 Å². The number of hydrogen-bond acceptors (Lipinski definition) is 3. The van der Waals surface area contributed by atoms with E-state index in [0.29, 0.717) is 36.0 Å². The minimum atomic E-state index is -0.507. The van der Waals surface area contributed by atoms with Gasteiger partial charge in [0.1, 0.15) is 11.2 Å². The maximum absolute atomic E-state index is 10.4.